The average Bonchev–Trinajstić information content (AvgIpc) is 3.40. The Morgan fingerprint density at radius 2 is 1.77 bits per heavy atom. The highest BCUT2D eigenvalue weighted by Crippen LogP contribution is 2.44. The van der Waals surface area contributed by atoms with Crippen LogP contribution in [0.25, 0.3) is 5.69 Å². The fourth-order valence-electron chi connectivity index (χ4n) is 5.42. The van der Waals surface area contributed by atoms with E-state index in [2.05, 4.69) is 77.3 Å². The summed E-state index contributed by atoms with van der Waals surface area (Å²) in [5, 5.41) is 7.26. The van der Waals surface area contributed by atoms with Crippen LogP contribution in [0.5, 0.6) is 0 Å². The van der Waals surface area contributed by atoms with Gasteiger partial charge in [0.15, 0.2) is 5.11 Å². The molecule has 3 heterocycles. The van der Waals surface area contributed by atoms with Gasteiger partial charge in [-0.05, 0) is 105 Å². The number of hydrogen-bond donors (Lipinski definition) is 2. The van der Waals surface area contributed by atoms with Gasteiger partial charge in [-0.3, -0.25) is 9.78 Å². The summed E-state index contributed by atoms with van der Waals surface area (Å²) in [6.45, 7) is 12.2. The van der Waals surface area contributed by atoms with Gasteiger partial charge in [0, 0.05) is 40.6 Å². The Morgan fingerprint density at radius 3 is 2.44 bits per heavy atom. The smallest absolute Gasteiger partial charge is 0.226 e. The first-order valence-corrected chi connectivity index (χ1v) is 13.7. The van der Waals surface area contributed by atoms with Crippen LogP contribution in [0.3, 0.4) is 0 Å². The Labute approximate surface area is 236 Å². The van der Waals surface area contributed by atoms with Crippen LogP contribution in [0.2, 0.25) is 0 Å². The largest absolute Gasteiger partial charge is 0.351 e. The van der Waals surface area contributed by atoms with Gasteiger partial charge in [-0.15, -0.1) is 0 Å². The quantitative estimate of drug-likeness (QED) is 0.263. The molecule has 200 valence electrons. The van der Waals surface area contributed by atoms with E-state index in [-0.39, 0.29) is 23.9 Å². The SMILES string of the molecule is Cc1cccc(-n2c(C)cc([C@@H]3[C@H](c4ccccn4)NC(=S)N3c3ccc(NC(=O)C(C)C)c(C)c3)c2C)c1. The number of anilines is 2. The van der Waals surface area contributed by atoms with Crippen molar-refractivity contribution in [3.8, 4) is 5.69 Å². The maximum Gasteiger partial charge on any atom is 0.226 e. The van der Waals surface area contributed by atoms with E-state index < -0.39 is 0 Å². The molecule has 7 heteroatoms. The molecule has 1 aliphatic heterocycles. The number of nitrogens with one attached hydrogen (secondary N) is 2. The van der Waals surface area contributed by atoms with Crippen molar-refractivity contribution >= 4 is 34.6 Å². The molecule has 0 saturated carbocycles. The number of aryl methyl sites for hydroxylation is 3. The lowest BCUT2D eigenvalue weighted by atomic mass is 9.96. The number of thiocarbonyl (C=S) groups is 1. The standard InChI is InChI=1S/C32H35N5OS/c1-19(2)31(38)34-27-14-13-25(17-21(27)4)37-30(29(35-32(37)39)28-12-7-8-15-33-28)26-18-22(5)36(23(26)6)24-11-9-10-20(3)16-24/h7-19,29-30H,1-6H3,(H,34,38)(H,35,39)/t29-,30+/m0/s1. The maximum absolute atomic E-state index is 12.3. The molecule has 0 spiro atoms. The molecule has 2 atom stereocenters. The van der Waals surface area contributed by atoms with Crippen molar-refractivity contribution in [1.82, 2.24) is 14.9 Å². The van der Waals surface area contributed by atoms with Crippen LogP contribution in [0.15, 0.2) is 72.9 Å². The van der Waals surface area contributed by atoms with Gasteiger partial charge in [-0.25, -0.2) is 0 Å². The van der Waals surface area contributed by atoms with Crippen LogP contribution in [0.1, 0.15) is 59.7 Å². The van der Waals surface area contributed by atoms with Gasteiger partial charge in [0.05, 0.1) is 17.8 Å². The van der Waals surface area contributed by atoms with Crippen molar-refractivity contribution in [2.75, 3.05) is 10.2 Å². The predicted molar refractivity (Wildman–Crippen MR) is 163 cm³/mol. The second kappa shape index (κ2) is 10.7. The minimum Gasteiger partial charge on any atom is -0.351 e. The average molecular weight is 538 g/mol. The zero-order valence-electron chi connectivity index (χ0n) is 23.3. The van der Waals surface area contributed by atoms with E-state index in [0.29, 0.717) is 5.11 Å². The Hall–Kier alpha value is -3.97. The summed E-state index contributed by atoms with van der Waals surface area (Å²) in [6.07, 6.45) is 1.83. The van der Waals surface area contributed by atoms with Crippen molar-refractivity contribution in [3.05, 3.63) is 107 Å². The molecule has 1 aliphatic rings. The molecule has 1 fully saturated rings. The van der Waals surface area contributed by atoms with Crippen molar-refractivity contribution in [1.29, 1.82) is 0 Å². The summed E-state index contributed by atoms with van der Waals surface area (Å²) < 4.78 is 2.31. The number of aromatic nitrogens is 2. The Balaban J connectivity index is 1.62. The fourth-order valence-corrected chi connectivity index (χ4v) is 5.76. The highest BCUT2D eigenvalue weighted by atomic mass is 32.1. The molecule has 0 radical (unpaired) electrons. The van der Waals surface area contributed by atoms with Crippen LogP contribution in [0.4, 0.5) is 11.4 Å². The second-order valence-electron chi connectivity index (χ2n) is 10.6. The Kier molecular flexibility index (Phi) is 7.28. The second-order valence-corrected chi connectivity index (χ2v) is 11.0. The summed E-state index contributed by atoms with van der Waals surface area (Å²) in [7, 11) is 0. The van der Waals surface area contributed by atoms with Gasteiger partial charge in [0.1, 0.15) is 0 Å². The predicted octanol–water partition coefficient (Wildman–Crippen LogP) is 6.88. The summed E-state index contributed by atoms with van der Waals surface area (Å²) in [5.41, 5.74) is 9.57. The molecule has 4 aromatic rings. The van der Waals surface area contributed by atoms with Crippen molar-refractivity contribution < 1.29 is 4.79 Å². The van der Waals surface area contributed by atoms with Crippen LogP contribution < -0.4 is 15.5 Å². The molecular formula is C32H35N5OS. The van der Waals surface area contributed by atoms with Crippen molar-refractivity contribution in [2.24, 2.45) is 5.92 Å². The topological polar surface area (TPSA) is 62.2 Å². The number of rotatable bonds is 6. The van der Waals surface area contributed by atoms with Crippen LogP contribution in [-0.4, -0.2) is 20.6 Å². The first kappa shape index (κ1) is 26.6. The molecule has 6 nitrogen and oxygen atoms in total. The summed E-state index contributed by atoms with van der Waals surface area (Å²) in [5.74, 6) is -0.0903. The number of hydrogen-bond acceptors (Lipinski definition) is 3. The van der Waals surface area contributed by atoms with E-state index in [1.165, 1.54) is 11.1 Å². The first-order chi connectivity index (χ1) is 18.7. The third kappa shape index (κ3) is 5.06. The summed E-state index contributed by atoms with van der Waals surface area (Å²) >= 11 is 5.96. The maximum atomic E-state index is 12.3. The van der Waals surface area contributed by atoms with Crippen LogP contribution >= 0.6 is 12.2 Å². The molecule has 2 N–H and O–H groups in total. The third-order valence-electron chi connectivity index (χ3n) is 7.42. The van der Waals surface area contributed by atoms with E-state index in [1.54, 1.807) is 0 Å². The molecule has 5 rings (SSSR count). The Bertz CT molecular complexity index is 1540. The van der Waals surface area contributed by atoms with Gasteiger partial charge in [0.25, 0.3) is 0 Å². The molecule has 1 saturated heterocycles. The van der Waals surface area contributed by atoms with E-state index in [1.807, 2.05) is 57.3 Å². The molecule has 2 aromatic carbocycles. The zero-order chi connectivity index (χ0) is 27.8. The molecule has 0 unspecified atom stereocenters. The number of carbonyl (C=O) groups excluding carboxylic acids is 1. The lowest BCUT2D eigenvalue weighted by Gasteiger charge is -2.29. The lowest BCUT2D eigenvalue weighted by Crippen LogP contribution is -2.29. The number of pyridine rings is 1. The molecule has 39 heavy (non-hydrogen) atoms. The number of nitrogens with zero attached hydrogens (tertiary/aromatic N) is 3. The minimum atomic E-state index is -0.134. The summed E-state index contributed by atoms with van der Waals surface area (Å²) in [6, 6.07) is 22.7. The molecule has 1 amide bonds. The monoisotopic (exact) mass is 537 g/mol. The normalized spacial score (nSPS) is 17.0. The van der Waals surface area contributed by atoms with Crippen LogP contribution in [-0.2, 0) is 4.79 Å². The number of benzene rings is 2. The molecule has 2 aromatic heterocycles. The molecule has 0 bridgehead atoms. The van der Waals surface area contributed by atoms with Gasteiger partial charge in [-0.1, -0.05) is 32.0 Å². The van der Waals surface area contributed by atoms with Crippen LogP contribution in [0, 0.1) is 33.6 Å². The van der Waals surface area contributed by atoms with Crippen molar-refractivity contribution in [3.63, 3.8) is 0 Å². The summed E-state index contributed by atoms with van der Waals surface area (Å²) in [4.78, 5) is 19.2. The molecule has 0 aliphatic carbocycles. The number of carbonyl (C=O) groups is 1. The fraction of sp³-hybridized carbons (Fsp3) is 0.281. The first-order valence-electron chi connectivity index (χ1n) is 13.3. The Morgan fingerprint density at radius 1 is 0.974 bits per heavy atom. The third-order valence-corrected chi connectivity index (χ3v) is 7.73. The highest BCUT2D eigenvalue weighted by molar-refractivity contribution is 7.80. The van der Waals surface area contributed by atoms with Gasteiger partial charge in [0.2, 0.25) is 5.91 Å². The van der Waals surface area contributed by atoms with Gasteiger partial charge >= 0.3 is 0 Å². The highest BCUT2D eigenvalue weighted by Gasteiger charge is 2.42. The van der Waals surface area contributed by atoms with Gasteiger partial charge in [-0.2, -0.15) is 0 Å². The van der Waals surface area contributed by atoms with E-state index in [0.717, 1.165) is 39.7 Å². The lowest BCUT2D eigenvalue weighted by molar-refractivity contribution is -0.118. The van der Waals surface area contributed by atoms with E-state index in [4.69, 9.17) is 17.2 Å². The molecular weight excluding hydrogens is 502 g/mol. The van der Waals surface area contributed by atoms with E-state index >= 15 is 0 Å². The van der Waals surface area contributed by atoms with E-state index in [9.17, 15) is 4.79 Å². The van der Waals surface area contributed by atoms with Crippen molar-refractivity contribution in [2.45, 2.75) is 53.6 Å². The number of amides is 1. The van der Waals surface area contributed by atoms with Gasteiger partial charge < -0.3 is 20.1 Å². The zero-order valence-corrected chi connectivity index (χ0v) is 24.1. The minimum absolute atomic E-state index is 0.000825.